The number of likely N-dealkylation sites (tertiary alicyclic amines) is 1. The van der Waals surface area contributed by atoms with Crippen molar-refractivity contribution in [1.82, 2.24) is 20.2 Å². The summed E-state index contributed by atoms with van der Waals surface area (Å²) < 4.78 is 5.16. The Hall–Kier alpha value is -3.42. The van der Waals surface area contributed by atoms with Gasteiger partial charge in [0, 0.05) is 32.0 Å². The lowest BCUT2D eigenvalue weighted by Gasteiger charge is -2.31. The van der Waals surface area contributed by atoms with E-state index in [2.05, 4.69) is 15.3 Å². The van der Waals surface area contributed by atoms with Gasteiger partial charge in [0.15, 0.2) is 5.76 Å². The van der Waals surface area contributed by atoms with Crippen molar-refractivity contribution in [3.8, 4) is 0 Å². The second-order valence-electron chi connectivity index (χ2n) is 7.14. The van der Waals surface area contributed by atoms with Gasteiger partial charge in [-0.2, -0.15) is 0 Å². The SMILES string of the molecule is O=C(CCc1nc2ccccc2c(=O)[nH]1)NC1CCN(C(=O)c2ccco2)CC1. The fourth-order valence-electron chi connectivity index (χ4n) is 3.57. The molecular formula is C21H22N4O4. The molecule has 1 aromatic carbocycles. The Morgan fingerprint density at radius 3 is 2.72 bits per heavy atom. The van der Waals surface area contributed by atoms with Crippen LogP contribution in [0.15, 0.2) is 51.9 Å². The number of rotatable bonds is 5. The zero-order chi connectivity index (χ0) is 20.2. The third-order valence-electron chi connectivity index (χ3n) is 5.13. The summed E-state index contributed by atoms with van der Waals surface area (Å²) >= 11 is 0. The molecule has 3 heterocycles. The summed E-state index contributed by atoms with van der Waals surface area (Å²) in [4.78, 5) is 45.6. The summed E-state index contributed by atoms with van der Waals surface area (Å²) in [5.74, 6) is 0.634. The zero-order valence-electron chi connectivity index (χ0n) is 15.9. The first kappa shape index (κ1) is 18.9. The van der Waals surface area contributed by atoms with E-state index in [9.17, 15) is 14.4 Å². The summed E-state index contributed by atoms with van der Waals surface area (Å²) in [6, 6.07) is 10.5. The van der Waals surface area contributed by atoms with Gasteiger partial charge < -0.3 is 19.6 Å². The summed E-state index contributed by atoms with van der Waals surface area (Å²) in [7, 11) is 0. The molecule has 8 nitrogen and oxygen atoms in total. The van der Waals surface area contributed by atoms with E-state index < -0.39 is 0 Å². The first-order chi connectivity index (χ1) is 14.1. The molecule has 29 heavy (non-hydrogen) atoms. The number of hydrogen-bond acceptors (Lipinski definition) is 5. The predicted molar refractivity (Wildman–Crippen MR) is 106 cm³/mol. The first-order valence-corrected chi connectivity index (χ1v) is 9.70. The van der Waals surface area contributed by atoms with Crippen LogP contribution in [0.25, 0.3) is 10.9 Å². The molecule has 2 amide bonds. The maximum absolute atomic E-state index is 12.3. The van der Waals surface area contributed by atoms with E-state index in [4.69, 9.17) is 4.42 Å². The number of fused-ring (bicyclic) bond motifs is 1. The average molecular weight is 394 g/mol. The van der Waals surface area contributed by atoms with Gasteiger partial charge in [0.25, 0.3) is 11.5 Å². The van der Waals surface area contributed by atoms with Gasteiger partial charge in [-0.1, -0.05) is 12.1 Å². The molecule has 3 aromatic rings. The zero-order valence-corrected chi connectivity index (χ0v) is 15.9. The number of nitrogens with one attached hydrogen (secondary N) is 2. The molecule has 0 saturated carbocycles. The molecule has 1 aliphatic heterocycles. The van der Waals surface area contributed by atoms with Gasteiger partial charge in [0.1, 0.15) is 5.82 Å². The lowest BCUT2D eigenvalue weighted by Crippen LogP contribution is -2.46. The fourth-order valence-corrected chi connectivity index (χ4v) is 3.57. The van der Waals surface area contributed by atoms with Crippen molar-refractivity contribution in [2.75, 3.05) is 13.1 Å². The highest BCUT2D eigenvalue weighted by molar-refractivity contribution is 5.91. The van der Waals surface area contributed by atoms with Gasteiger partial charge >= 0.3 is 0 Å². The van der Waals surface area contributed by atoms with Crippen LogP contribution >= 0.6 is 0 Å². The molecule has 1 aliphatic rings. The third kappa shape index (κ3) is 4.37. The van der Waals surface area contributed by atoms with Crippen LogP contribution in [-0.2, 0) is 11.2 Å². The number of amides is 2. The highest BCUT2D eigenvalue weighted by Gasteiger charge is 2.25. The number of benzene rings is 1. The second-order valence-corrected chi connectivity index (χ2v) is 7.14. The van der Waals surface area contributed by atoms with E-state index in [1.54, 1.807) is 35.2 Å². The van der Waals surface area contributed by atoms with Gasteiger partial charge in [0.05, 0.1) is 17.2 Å². The Morgan fingerprint density at radius 2 is 1.97 bits per heavy atom. The molecule has 150 valence electrons. The summed E-state index contributed by atoms with van der Waals surface area (Å²) in [6.07, 6.45) is 3.49. The van der Waals surface area contributed by atoms with E-state index in [0.29, 0.717) is 54.8 Å². The molecule has 0 spiro atoms. The monoisotopic (exact) mass is 394 g/mol. The molecule has 0 unspecified atom stereocenters. The van der Waals surface area contributed by atoms with Crippen LogP contribution in [0.4, 0.5) is 0 Å². The van der Waals surface area contributed by atoms with Crippen molar-refractivity contribution in [2.45, 2.75) is 31.7 Å². The van der Waals surface area contributed by atoms with Crippen LogP contribution in [0.1, 0.15) is 35.6 Å². The third-order valence-corrected chi connectivity index (χ3v) is 5.13. The van der Waals surface area contributed by atoms with Crippen LogP contribution in [0.5, 0.6) is 0 Å². The van der Waals surface area contributed by atoms with Crippen LogP contribution in [0.2, 0.25) is 0 Å². The number of hydrogen-bond donors (Lipinski definition) is 2. The van der Waals surface area contributed by atoms with Crippen molar-refractivity contribution in [2.24, 2.45) is 0 Å². The minimum atomic E-state index is -0.195. The molecular weight excluding hydrogens is 372 g/mol. The van der Waals surface area contributed by atoms with Gasteiger partial charge in [-0.15, -0.1) is 0 Å². The number of aromatic nitrogens is 2. The predicted octanol–water partition coefficient (Wildman–Crippen LogP) is 1.87. The molecule has 0 radical (unpaired) electrons. The van der Waals surface area contributed by atoms with Crippen molar-refractivity contribution in [3.05, 3.63) is 64.6 Å². The Morgan fingerprint density at radius 1 is 1.17 bits per heavy atom. The number of furan rings is 1. The molecule has 0 aliphatic carbocycles. The van der Waals surface area contributed by atoms with E-state index in [0.717, 1.165) is 0 Å². The van der Waals surface area contributed by atoms with Crippen molar-refractivity contribution in [3.63, 3.8) is 0 Å². The quantitative estimate of drug-likeness (QED) is 0.687. The van der Waals surface area contributed by atoms with Crippen LogP contribution < -0.4 is 10.9 Å². The Bertz CT molecular complexity index is 1070. The Balaban J connectivity index is 1.26. The number of nitrogens with zero attached hydrogens (tertiary/aromatic N) is 2. The topological polar surface area (TPSA) is 108 Å². The average Bonchev–Trinajstić information content (AvgIpc) is 3.27. The maximum atomic E-state index is 12.3. The summed E-state index contributed by atoms with van der Waals surface area (Å²) in [6.45, 7) is 1.15. The van der Waals surface area contributed by atoms with Crippen LogP contribution in [0, 0.1) is 0 Å². The highest BCUT2D eigenvalue weighted by atomic mass is 16.3. The number of carbonyl (C=O) groups is 2. The standard InChI is InChI=1S/C21H22N4O4/c26-19(8-7-18-23-16-5-2-1-4-15(16)20(27)24-18)22-14-9-11-25(12-10-14)21(28)17-6-3-13-29-17/h1-6,13-14H,7-12H2,(H,22,26)(H,23,24,27). The van der Waals surface area contributed by atoms with E-state index in [-0.39, 0.29) is 29.8 Å². The first-order valence-electron chi connectivity index (χ1n) is 9.70. The normalized spacial score (nSPS) is 14.8. The maximum Gasteiger partial charge on any atom is 0.289 e. The van der Waals surface area contributed by atoms with E-state index >= 15 is 0 Å². The Kier molecular flexibility index (Phi) is 5.41. The number of aryl methyl sites for hydroxylation is 1. The smallest absolute Gasteiger partial charge is 0.289 e. The number of H-pyrrole nitrogens is 1. The fraction of sp³-hybridized carbons (Fsp3) is 0.333. The largest absolute Gasteiger partial charge is 0.459 e. The highest BCUT2D eigenvalue weighted by Crippen LogP contribution is 2.15. The minimum absolute atomic E-state index is 0.0340. The molecule has 1 saturated heterocycles. The van der Waals surface area contributed by atoms with E-state index in [1.807, 2.05) is 6.07 Å². The number of aromatic amines is 1. The summed E-state index contributed by atoms with van der Waals surface area (Å²) in [5.41, 5.74) is 0.430. The van der Waals surface area contributed by atoms with Crippen molar-refractivity contribution in [1.29, 1.82) is 0 Å². The Labute approximate surface area is 166 Å². The lowest BCUT2D eigenvalue weighted by molar-refractivity contribution is -0.122. The molecule has 2 aromatic heterocycles. The molecule has 0 atom stereocenters. The van der Waals surface area contributed by atoms with Gasteiger partial charge in [-0.05, 0) is 37.1 Å². The van der Waals surface area contributed by atoms with Crippen LogP contribution in [-0.4, -0.2) is 45.8 Å². The second kappa shape index (κ2) is 8.30. The molecule has 2 N–H and O–H groups in total. The lowest BCUT2D eigenvalue weighted by atomic mass is 10.0. The number of para-hydroxylation sites is 1. The van der Waals surface area contributed by atoms with Gasteiger partial charge in [-0.25, -0.2) is 4.98 Å². The molecule has 0 bridgehead atoms. The van der Waals surface area contributed by atoms with Crippen molar-refractivity contribution < 1.29 is 14.0 Å². The molecule has 8 heteroatoms. The van der Waals surface area contributed by atoms with Gasteiger partial charge in [0.2, 0.25) is 5.91 Å². The van der Waals surface area contributed by atoms with Crippen LogP contribution in [0.3, 0.4) is 0 Å². The minimum Gasteiger partial charge on any atom is -0.459 e. The van der Waals surface area contributed by atoms with Gasteiger partial charge in [-0.3, -0.25) is 14.4 Å². The molecule has 1 fully saturated rings. The number of piperidine rings is 1. The van der Waals surface area contributed by atoms with E-state index in [1.165, 1.54) is 6.26 Å². The van der Waals surface area contributed by atoms with Crippen molar-refractivity contribution >= 4 is 22.7 Å². The summed E-state index contributed by atoms with van der Waals surface area (Å²) in [5, 5.41) is 3.55. The molecule has 4 rings (SSSR count). The number of carbonyl (C=O) groups excluding carboxylic acids is 2.